The number of rotatable bonds is 1. The van der Waals surface area contributed by atoms with Gasteiger partial charge in [0.2, 0.25) is 0 Å². The smallest absolute Gasteiger partial charge is 0.0110 e. The fourth-order valence-corrected chi connectivity index (χ4v) is 2.34. The molecule has 1 aliphatic carbocycles. The molecule has 0 nitrogen and oxygen atoms in total. The number of thioether (sulfide) groups is 1. The van der Waals surface area contributed by atoms with Crippen LogP contribution in [0.3, 0.4) is 0 Å². The first-order chi connectivity index (χ1) is 4.25. The van der Waals surface area contributed by atoms with E-state index in [1.54, 1.807) is 0 Å². The van der Waals surface area contributed by atoms with Gasteiger partial charge >= 0.3 is 0 Å². The van der Waals surface area contributed by atoms with Gasteiger partial charge in [-0.15, -0.1) is 0 Å². The number of hydrogen-bond donors (Lipinski definition) is 0. The summed E-state index contributed by atoms with van der Waals surface area (Å²) in [5.41, 5.74) is 1.45. The van der Waals surface area contributed by atoms with E-state index in [0.717, 1.165) is 11.2 Å². The summed E-state index contributed by atoms with van der Waals surface area (Å²) in [5, 5.41) is 0.859. The van der Waals surface area contributed by atoms with Crippen LogP contribution in [0.4, 0.5) is 0 Å². The van der Waals surface area contributed by atoms with Crippen molar-refractivity contribution in [2.75, 3.05) is 6.26 Å². The molecule has 0 radical (unpaired) electrons. The average Bonchev–Trinajstić information content (AvgIpc) is 2.15. The Morgan fingerprint density at radius 1 is 1.67 bits per heavy atom. The summed E-state index contributed by atoms with van der Waals surface area (Å²) in [7, 11) is 0. The van der Waals surface area contributed by atoms with Gasteiger partial charge in [0, 0.05) is 5.25 Å². The van der Waals surface area contributed by atoms with E-state index in [4.69, 9.17) is 0 Å². The molecule has 9 heavy (non-hydrogen) atoms. The molecule has 0 amide bonds. The van der Waals surface area contributed by atoms with E-state index in [1.807, 2.05) is 11.8 Å². The minimum Gasteiger partial charge on any atom is -0.161 e. The van der Waals surface area contributed by atoms with Crippen molar-refractivity contribution in [1.29, 1.82) is 0 Å². The van der Waals surface area contributed by atoms with Crippen molar-refractivity contribution in [3.8, 4) is 0 Å². The van der Waals surface area contributed by atoms with E-state index < -0.39 is 0 Å². The first-order valence-electron chi connectivity index (χ1n) is 3.46. The second-order valence-corrected chi connectivity index (χ2v) is 3.84. The summed E-state index contributed by atoms with van der Waals surface area (Å²) in [5.74, 6) is 0.764. The van der Waals surface area contributed by atoms with E-state index in [0.29, 0.717) is 0 Å². The van der Waals surface area contributed by atoms with Crippen molar-refractivity contribution in [2.24, 2.45) is 5.92 Å². The zero-order valence-corrected chi connectivity index (χ0v) is 7.00. The highest BCUT2D eigenvalue weighted by Crippen LogP contribution is 2.36. The van der Waals surface area contributed by atoms with Crippen LogP contribution in [0.5, 0.6) is 0 Å². The summed E-state index contributed by atoms with van der Waals surface area (Å²) >= 11 is 1.98. The molecule has 0 aromatic heterocycles. The Hall–Kier alpha value is 0.0900. The van der Waals surface area contributed by atoms with Crippen LogP contribution >= 0.6 is 11.8 Å². The van der Waals surface area contributed by atoms with Gasteiger partial charge in [0.15, 0.2) is 0 Å². The zero-order chi connectivity index (χ0) is 6.85. The van der Waals surface area contributed by atoms with Crippen LogP contribution in [-0.2, 0) is 0 Å². The Kier molecular flexibility index (Phi) is 2.23. The minimum absolute atomic E-state index is 0.764. The van der Waals surface area contributed by atoms with Crippen molar-refractivity contribution < 1.29 is 0 Å². The standard InChI is InChI=1S/C8H14S/c1-6-4-5-8(9-3)7(6)2/h7-8H,1,4-5H2,2-3H3. The van der Waals surface area contributed by atoms with E-state index in [9.17, 15) is 0 Å². The van der Waals surface area contributed by atoms with Gasteiger partial charge < -0.3 is 0 Å². The second-order valence-electron chi connectivity index (χ2n) is 2.76. The predicted octanol–water partition coefficient (Wildman–Crippen LogP) is 2.70. The molecule has 52 valence electrons. The highest BCUT2D eigenvalue weighted by Gasteiger charge is 2.24. The van der Waals surface area contributed by atoms with E-state index in [-0.39, 0.29) is 0 Å². The number of allylic oxidation sites excluding steroid dienone is 1. The lowest BCUT2D eigenvalue weighted by Crippen LogP contribution is -2.05. The fourth-order valence-electron chi connectivity index (χ4n) is 1.39. The van der Waals surface area contributed by atoms with Crippen molar-refractivity contribution in [1.82, 2.24) is 0 Å². The molecular weight excluding hydrogens is 128 g/mol. The van der Waals surface area contributed by atoms with Gasteiger partial charge in [0.1, 0.15) is 0 Å². The zero-order valence-electron chi connectivity index (χ0n) is 6.18. The Labute approximate surface area is 61.7 Å². The normalized spacial score (nSPS) is 35.6. The topological polar surface area (TPSA) is 0 Å². The Bertz CT molecular complexity index is 118. The third-order valence-electron chi connectivity index (χ3n) is 2.25. The van der Waals surface area contributed by atoms with Crippen LogP contribution < -0.4 is 0 Å². The summed E-state index contributed by atoms with van der Waals surface area (Å²) < 4.78 is 0. The summed E-state index contributed by atoms with van der Waals surface area (Å²) in [6, 6.07) is 0. The molecule has 0 heterocycles. The Morgan fingerprint density at radius 3 is 2.56 bits per heavy atom. The van der Waals surface area contributed by atoms with Crippen molar-refractivity contribution in [3.63, 3.8) is 0 Å². The van der Waals surface area contributed by atoms with Gasteiger partial charge in [-0.05, 0) is 25.0 Å². The van der Waals surface area contributed by atoms with Gasteiger partial charge in [-0.2, -0.15) is 11.8 Å². The van der Waals surface area contributed by atoms with E-state index >= 15 is 0 Å². The van der Waals surface area contributed by atoms with Crippen LogP contribution in [0.25, 0.3) is 0 Å². The summed E-state index contributed by atoms with van der Waals surface area (Å²) in [4.78, 5) is 0. The van der Waals surface area contributed by atoms with Crippen molar-refractivity contribution in [3.05, 3.63) is 12.2 Å². The highest BCUT2D eigenvalue weighted by atomic mass is 32.2. The SMILES string of the molecule is C=C1CCC(SC)C1C. The molecule has 0 N–H and O–H groups in total. The van der Waals surface area contributed by atoms with Crippen LogP contribution in [0.1, 0.15) is 19.8 Å². The monoisotopic (exact) mass is 142 g/mol. The van der Waals surface area contributed by atoms with Crippen molar-refractivity contribution >= 4 is 11.8 Å². The van der Waals surface area contributed by atoms with Crippen LogP contribution in [0.15, 0.2) is 12.2 Å². The third kappa shape index (κ3) is 1.32. The molecule has 2 unspecified atom stereocenters. The van der Waals surface area contributed by atoms with Crippen LogP contribution in [0.2, 0.25) is 0 Å². The maximum atomic E-state index is 4.02. The molecule has 0 aromatic carbocycles. The fraction of sp³-hybridized carbons (Fsp3) is 0.750. The Morgan fingerprint density at radius 2 is 2.33 bits per heavy atom. The van der Waals surface area contributed by atoms with Gasteiger partial charge in [0.25, 0.3) is 0 Å². The molecule has 0 spiro atoms. The molecule has 1 rings (SSSR count). The molecule has 2 atom stereocenters. The largest absolute Gasteiger partial charge is 0.161 e. The molecular formula is C8H14S. The molecule has 0 aromatic rings. The second kappa shape index (κ2) is 2.78. The predicted molar refractivity (Wildman–Crippen MR) is 44.8 cm³/mol. The van der Waals surface area contributed by atoms with Crippen molar-refractivity contribution in [2.45, 2.75) is 25.0 Å². The highest BCUT2D eigenvalue weighted by molar-refractivity contribution is 7.99. The lowest BCUT2D eigenvalue weighted by Gasteiger charge is -2.11. The maximum absolute atomic E-state index is 4.02. The molecule has 0 saturated heterocycles. The molecule has 1 aliphatic rings. The lowest BCUT2D eigenvalue weighted by atomic mass is 10.1. The van der Waals surface area contributed by atoms with Gasteiger partial charge in [-0.25, -0.2) is 0 Å². The number of hydrogen-bond acceptors (Lipinski definition) is 1. The quantitative estimate of drug-likeness (QED) is 0.507. The van der Waals surface area contributed by atoms with Crippen LogP contribution in [0, 0.1) is 5.92 Å². The molecule has 0 bridgehead atoms. The lowest BCUT2D eigenvalue weighted by molar-refractivity contribution is 0.718. The van der Waals surface area contributed by atoms with Gasteiger partial charge in [-0.1, -0.05) is 19.1 Å². The van der Waals surface area contributed by atoms with Gasteiger partial charge in [0.05, 0.1) is 0 Å². The molecule has 0 aliphatic heterocycles. The first kappa shape index (κ1) is 7.20. The molecule has 1 heteroatoms. The molecule has 1 fully saturated rings. The van der Waals surface area contributed by atoms with Gasteiger partial charge in [-0.3, -0.25) is 0 Å². The first-order valence-corrected chi connectivity index (χ1v) is 4.75. The van der Waals surface area contributed by atoms with E-state index in [1.165, 1.54) is 18.4 Å². The summed E-state index contributed by atoms with van der Waals surface area (Å²) in [6.45, 7) is 6.31. The average molecular weight is 142 g/mol. The Balaban J connectivity index is 2.51. The van der Waals surface area contributed by atoms with Crippen LogP contribution in [-0.4, -0.2) is 11.5 Å². The summed E-state index contributed by atoms with van der Waals surface area (Å²) in [6.07, 6.45) is 4.80. The third-order valence-corrected chi connectivity index (χ3v) is 3.50. The van der Waals surface area contributed by atoms with E-state index in [2.05, 4.69) is 19.8 Å². The maximum Gasteiger partial charge on any atom is 0.0110 e. The minimum atomic E-state index is 0.764. The molecule has 1 saturated carbocycles.